The van der Waals surface area contributed by atoms with E-state index in [9.17, 15) is 0 Å². The first kappa shape index (κ1) is 12.7. The molecule has 17 heavy (non-hydrogen) atoms. The molecule has 94 valence electrons. The Morgan fingerprint density at radius 3 is 2.76 bits per heavy atom. The van der Waals surface area contributed by atoms with Crippen LogP contribution in [0.25, 0.3) is 0 Å². The maximum Gasteiger partial charge on any atom is 0.231 e. The van der Waals surface area contributed by atoms with Crippen molar-refractivity contribution in [1.29, 1.82) is 0 Å². The average Bonchev–Trinajstić information content (AvgIpc) is 2.77. The molecule has 0 radical (unpaired) electrons. The molecule has 0 amide bonds. The van der Waals surface area contributed by atoms with E-state index in [0.29, 0.717) is 6.54 Å². The zero-order valence-electron chi connectivity index (χ0n) is 9.70. The van der Waals surface area contributed by atoms with E-state index < -0.39 is 0 Å². The number of benzene rings is 1. The van der Waals surface area contributed by atoms with E-state index in [2.05, 4.69) is 21.2 Å². The standard InChI is InChI=1S/C12H16BrNO3/c1-2-9(6-15)14-5-8-3-11-12(4-10(8)13)17-7-16-11/h3-4,9,14-15H,2,5-7H2,1H3. The van der Waals surface area contributed by atoms with Crippen LogP contribution in [-0.2, 0) is 6.54 Å². The average molecular weight is 302 g/mol. The monoisotopic (exact) mass is 301 g/mol. The van der Waals surface area contributed by atoms with E-state index in [-0.39, 0.29) is 19.4 Å². The lowest BCUT2D eigenvalue weighted by Gasteiger charge is -2.15. The van der Waals surface area contributed by atoms with Gasteiger partial charge < -0.3 is 19.9 Å². The van der Waals surface area contributed by atoms with E-state index in [0.717, 1.165) is 28.0 Å². The summed E-state index contributed by atoms with van der Waals surface area (Å²) in [5.74, 6) is 1.55. The fraction of sp³-hybridized carbons (Fsp3) is 0.500. The first-order chi connectivity index (χ1) is 8.24. The van der Waals surface area contributed by atoms with Crippen molar-refractivity contribution in [3.05, 3.63) is 22.2 Å². The highest BCUT2D eigenvalue weighted by Crippen LogP contribution is 2.36. The van der Waals surface area contributed by atoms with Crippen LogP contribution in [-0.4, -0.2) is 24.5 Å². The zero-order chi connectivity index (χ0) is 12.3. The van der Waals surface area contributed by atoms with Crippen LogP contribution in [0.2, 0.25) is 0 Å². The van der Waals surface area contributed by atoms with Gasteiger partial charge in [-0.2, -0.15) is 0 Å². The van der Waals surface area contributed by atoms with Crippen molar-refractivity contribution < 1.29 is 14.6 Å². The summed E-state index contributed by atoms with van der Waals surface area (Å²) in [7, 11) is 0. The van der Waals surface area contributed by atoms with E-state index in [1.54, 1.807) is 0 Å². The lowest BCUT2D eigenvalue weighted by molar-refractivity contribution is 0.174. The predicted octanol–water partition coefficient (Wildman–Crippen LogP) is 2.04. The number of fused-ring (bicyclic) bond motifs is 1. The largest absolute Gasteiger partial charge is 0.454 e. The molecule has 0 aromatic heterocycles. The number of halogens is 1. The minimum absolute atomic E-state index is 0.132. The molecule has 0 spiro atoms. The van der Waals surface area contributed by atoms with Gasteiger partial charge in [-0.25, -0.2) is 0 Å². The first-order valence-electron chi connectivity index (χ1n) is 5.66. The van der Waals surface area contributed by atoms with Gasteiger partial charge in [0.15, 0.2) is 11.5 Å². The number of ether oxygens (including phenoxy) is 2. The molecule has 2 N–H and O–H groups in total. The Morgan fingerprint density at radius 2 is 2.12 bits per heavy atom. The van der Waals surface area contributed by atoms with Crippen LogP contribution in [0.4, 0.5) is 0 Å². The molecule has 1 aromatic carbocycles. The Balaban J connectivity index is 2.06. The summed E-state index contributed by atoms with van der Waals surface area (Å²) in [6.45, 7) is 3.17. The molecule has 0 bridgehead atoms. The molecule has 0 saturated heterocycles. The van der Waals surface area contributed by atoms with Crippen LogP contribution < -0.4 is 14.8 Å². The molecular formula is C12H16BrNO3. The highest BCUT2D eigenvalue weighted by atomic mass is 79.9. The van der Waals surface area contributed by atoms with Crippen LogP contribution in [0.5, 0.6) is 11.5 Å². The van der Waals surface area contributed by atoms with Gasteiger partial charge in [0.1, 0.15) is 0 Å². The van der Waals surface area contributed by atoms with E-state index in [1.807, 2.05) is 19.1 Å². The lowest BCUT2D eigenvalue weighted by atomic mass is 10.1. The van der Waals surface area contributed by atoms with Gasteiger partial charge in [-0.15, -0.1) is 0 Å². The Bertz CT molecular complexity index is 394. The van der Waals surface area contributed by atoms with Crippen LogP contribution >= 0.6 is 15.9 Å². The van der Waals surface area contributed by atoms with Gasteiger partial charge in [0.2, 0.25) is 6.79 Å². The second-order valence-corrected chi connectivity index (χ2v) is 4.82. The van der Waals surface area contributed by atoms with Crippen molar-refractivity contribution in [2.75, 3.05) is 13.4 Å². The van der Waals surface area contributed by atoms with Crippen LogP contribution in [0.1, 0.15) is 18.9 Å². The van der Waals surface area contributed by atoms with Gasteiger partial charge in [0.05, 0.1) is 6.61 Å². The Hall–Kier alpha value is -0.780. The SMILES string of the molecule is CCC(CO)NCc1cc2c(cc1Br)OCO2. The van der Waals surface area contributed by atoms with Crippen LogP contribution in [0, 0.1) is 0 Å². The summed E-state index contributed by atoms with van der Waals surface area (Å²) in [5.41, 5.74) is 1.10. The summed E-state index contributed by atoms with van der Waals surface area (Å²) in [5, 5.41) is 12.4. The zero-order valence-corrected chi connectivity index (χ0v) is 11.3. The minimum Gasteiger partial charge on any atom is -0.454 e. The van der Waals surface area contributed by atoms with Crippen molar-refractivity contribution in [2.24, 2.45) is 0 Å². The second-order valence-electron chi connectivity index (χ2n) is 3.97. The highest BCUT2D eigenvalue weighted by Gasteiger charge is 2.16. The third-order valence-electron chi connectivity index (χ3n) is 2.84. The van der Waals surface area contributed by atoms with Crippen molar-refractivity contribution in [3.63, 3.8) is 0 Å². The molecule has 1 aliphatic rings. The quantitative estimate of drug-likeness (QED) is 0.874. The molecule has 1 aromatic rings. The number of nitrogens with one attached hydrogen (secondary N) is 1. The Labute approximate surface area is 109 Å². The van der Waals surface area contributed by atoms with E-state index in [4.69, 9.17) is 14.6 Å². The van der Waals surface area contributed by atoms with Gasteiger partial charge in [0.25, 0.3) is 0 Å². The molecule has 1 aliphatic heterocycles. The molecule has 4 nitrogen and oxygen atoms in total. The fourth-order valence-electron chi connectivity index (χ4n) is 1.69. The van der Waals surface area contributed by atoms with E-state index in [1.165, 1.54) is 0 Å². The van der Waals surface area contributed by atoms with Crippen molar-refractivity contribution in [3.8, 4) is 11.5 Å². The molecule has 0 fully saturated rings. The molecule has 1 atom stereocenters. The van der Waals surface area contributed by atoms with E-state index >= 15 is 0 Å². The topological polar surface area (TPSA) is 50.7 Å². The van der Waals surface area contributed by atoms with Crippen LogP contribution in [0.15, 0.2) is 16.6 Å². The molecular weight excluding hydrogens is 286 g/mol. The van der Waals surface area contributed by atoms with Gasteiger partial charge >= 0.3 is 0 Å². The molecule has 1 unspecified atom stereocenters. The summed E-state index contributed by atoms with van der Waals surface area (Å²) in [6.07, 6.45) is 0.901. The summed E-state index contributed by atoms with van der Waals surface area (Å²) < 4.78 is 11.6. The molecule has 2 rings (SSSR count). The highest BCUT2D eigenvalue weighted by molar-refractivity contribution is 9.10. The molecule has 0 aliphatic carbocycles. The van der Waals surface area contributed by atoms with Crippen molar-refractivity contribution in [1.82, 2.24) is 5.32 Å². The summed E-state index contributed by atoms with van der Waals surface area (Å²) in [6, 6.07) is 4.01. The number of hydrogen-bond donors (Lipinski definition) is 2. The molecule has 5 heteroatoms. The smallest absolute Gasteiger partial charge is 0.231 e. The molecule has 0 saturated carbocycles. The second kappa shape index (κ2) is 5.71. The predicted molar refractivity (Wildman–Crippen MR) is 68.3 cm³/mol. The van der Waals surface area contributed by atoms with Crippen molar-refractivity contribution >= 4 is 15.9 Å². The van der Waals surface area contributed by atoms with Crippen molar-refractivity contribution in [2.45, 2.75) is 25.9 Å². The fourth-order valence-corrected chi connectivity index (χ4v) is 2.15. The molecule has 1 heterocycles. The summed E-state index contributed by atoms with van der Waals surface area (Å²) in [4.78, 5) is 0. The number of aliphatic hydroxyl groups is 1. The van der Waals surface area contributed by atoms with Gasteiger partial charge in [-0.05, 0) is 24.1 Å². The normalized spacial score (nSPS) is 15.0. The Kier molecular flexibility index (Phi) is 4.25. The summed E-state index contributed by atoms with van der Waals surface area (Å²) >= 11 is 3.51. The number of rotatable bonds is 5. The van der Waals surface area contributed by atoms with Gasteiger partial charge in [0, 0.05) is 17.1 Å². The first-order valence-corrected chi connectivity index (χ1v) is 6.46. The third kappa shape index (κ3) is 2.91. The number of aliphatic hydroxyl groups excluding tert-OH is 1. The lowest BCUT2D eigenvalue weighted by Crippen LogP contribution is -2.31. The van der Waals surface area contributed by atoms with Crippen LogP contribution in [0.3, 0.4) is 0 Å². The Morgan fingerprint density at radius 1 is 1.41 bits per heavy atom. The minimum atomic E-state index is 0.132. The van der Waals surface area contributed by atoms with Gasteiger partial charge in [-0.3, -0.25) is 0 Å². The maximum absolute atomic E-state index is 9.11. The van der Waals surface area contributed by atoms with Gasteiger partial charge in [-0.1, -0.05) is 22.9 Å². The third-order valence-corrected chi connectivity index (χ3v) is 3.57. The number of hydrogen-bond acceptors (Lipinski definition) is 4. The maximum atomic E-state index is 9.11.